The number of hydrogen-bond acceptors (Lipinski definition) is 3. The van der Waals surface area contributed by atoms with Crippen molar-refractivity contribution in [3.05, 3.63) is 53.3 Å². The van der Waals surface area contributed by atoms with Gasteiger partial charge in [-0.2, -0.15) is 4.79 Å². The number of benzene rings is 1. The summed E-state index contributed by atoms with van der Waals surface area (Å²) in [7, 11) is -2.17. The smallest absolute Gasteiger partial charge is 0.438 e. The number of carbonyl (C=O) groups is 1. The lowest BCUT2D eigenvalue weighted by Gasteiger charge is -2.36. The molecule has 0 saturated carbocycles. The molecule has 0 spiro atoms. The molecule has 6 heteroatoms. The zero-order valence-corrected chi connectivity index (χ0v) is 16.3. The van der Waals surface area contributed by atoms with Crippen molar-refractivity contribution in [2.75, 3.05) is 0 Å². The highest BCUT2D eigenvalue weighted by atomic mass is 28.4. The molecule has 24 heavy (non-hydrogen) atoms. The minimum Gasteiger partial charge on any atom is -0.538 e. The van der Waals surface area contributed by atoms with E-state index in [9.17, 15) is 10.3 Å². The third-order valence-corrected chi connectivity index (χ3v) is 8.52. The van der Waals surface area contributed by atoms with Crippen molar-refractivity contribution in [1.29, 1.82) is 0 Å². The second kappa shape index (κ2) is 8.08. The molecular weight excluding hydrogens is 320 g/mol. The van der Waals surface area contributed by atoms with Gasteiger partial charge in [-0.25, -0.2) is 4.79 Å². The summed E-state index contributed by atoms with van der Waals surface area (Å²) in [5.74, 6) is -0.463. The number of rotatable bonds is 6. The Balaban J connectivity index is 2.86. The van der Waals surface area contributed by atoms with Crippen LogP contribution in [0.2, 0.25) is 18.1 Å². The number of esters is 1. The molecule has 0 saturated heterocycles. The molecular formula is C18H26N2O3Si. The number of ether oxygens (including phenoxy) is 1. The first-order valence-corrected chi connectivity index (χ1v) is 10.8. The van der Waals surface area contributed by atoms with Gasteiger partial charge in [-0.3, -0.25) is 0 Å². The van der Waals surface area contributed by atoms with E-state index >= 15 is 0 Å². The summed E-state index contributed by atoms with van der Waals surface area (Å²) >= 11 is 0. The molecule has 130 valence electrons. The molecule has 0 amide bonds. The molecule has 1 aromatic carbocycles. The first kappa shape index (κ1) is 19.9. The van der Waals surface area contributed by atoms with Crippen LogP contribution in [0.15, 0.2) is 42.2 Å². The molecule has 0 radical (unpaired) electrons. The highest BCUT2D eigenvalue weighted by Crippen LogP contribution is 2.38. The molecule has 0 aromatic heterocycles. The summed E-state index contributed by atoms with van der Waals surface area (Å²) in [6.45, 7) is 12.2. The SMILES string of the molecule is C/C=C(\O[Si](C)(C)C(C)(C)C)C(=[N+]=[N-])C(=O)OCc1ccccc1. The molecule has 1 rings (SSSR count). The van der Waals surface area contributed by atoms with Crippen molar-refractivity contribution in [2.45, 2.75) is 52.4 Å². The fraction of sp³-hybridized carbons (Fsp3) is 0.444. The Labute approximate surface area is 145 Å². The Morgan fingerprint density at radius 2 is 1.83 bits per heavy atom. The van der Waals surface area contributed by atoms with E-state index < -0.39 is 14.3 Å². The summed E-state index contributed by atoms with van der Waals surface area (Å²) in [6, 6.07) is 9.32. The van der Waals surface area contributed by atoms with Crippen LogP contribution >= 0.6 is 0 Å². The van der Waals surface area contributed by atoms with Crippen molar-refractivity contribution in [3.63, 3.8) is 0 Å². The minimum atomic E-state index is -2.17. The lowest BCUT2D eigenvalue weighted by molar-refractivity contribution is -0.141. The van der Waals surface area contributed by atoms with Gasteiger partial charge in [0.2, 0.25) is 0 Å². The van der Waals surface area contributed by atoms with Crippen LogP contribution in [0.5, 0.6) is 0 Å². The van der Waals surface area contributed by atoms with Crippen LogP contribution in [0.3, 0.4) is 0 Å². The van der Waals surface area contributed by atoms with Crippen LogP contribution in [0.25, 0.3) is 5.53 Å². The number of hydrogen-bond donors (Lipinski definition) is 0. The zero-order chi connectivity index (χ0) is 18.4. The Bertz CT molecular complexity index is 655. The van der Waals surface area contributed by atoms with E-state index in [1.54, 1.807) is 13.0 Å². The number of carbonyl (C=O) groups excluding carboxylic acids is 1. The first-order chi connectivity index (χ1) is 11.1. The van der Waals surface area contributed by atoms with Crippen molar-refractivity contribution in [1.82, 2.24) is 0 Å². The third kappa shape index (κ3) is 5.18. The van der Waals surface area contributed by atoms with Gasteiger partial charge < -0.3 is 14.7 Å². The second-order valence-electron chi connectivity index (χ2n) is 7.03. The molecule has 0 aliphatic carbocycles. The van der Waals surface area contributed by atoms with Gasteiger partial charge in [0, 0.05) is 0 Å². The molecule has 1 aromatic rings. The Morgan fingerprint density at radius 1 is 1.25 bits per heavy atom. The minimum absolute atomic E-state index is 0.0459. The highest BCUT2D eigenvalue weighted by Gasteiger charge is 2.42. The molecule has 0 aliphatic rings. The van der Waals surface area contributed by atoms with Gasteiger partial charge >= 0.3 is 11.7 Å². The van der Waals surface area contributed by atoms with E-state index in [4.69, 9.17) is 9.16 Å². The standard InChI is InChI=1S/C18H26N2O3Si/c1-7-15(23-24(5,6)18(2,3)4)16(20-19)17(21)22-13-14-11-9-8-10-12-14/h7-12H,13H2,1-6H3/b15-7-. The Morgan fingerprint density at radius 3 is 2.29 bits per heavy atom. The first-order valence-electron chi connectivity index (χ1n) is 7.91. The lowest BCUT2D eigenvalue weighted by Crippen LogP contribution is -2.42. The van der Waals surface area contributed by atoms with Crippen LogP contribution < -0.4 is 0 Å². The second-order valence-corrected chi connectivity index (χ2v) is 11.8. The maximum atomic E-state index is 12.3. The molecule has 5 nitrogen and oxygen atoms in total. The Kier molecular flexibility index (Phi) is 6.69. The molecule has 0 fully saturated rings. The average Bonchev–Trinajstić information content (AvgIpc) is 2.52. The average molecular weight is 347 g/mol. The molecule has 0 N–H and O–H groups in total. The summed E-state index contributed by atoms with van der Waals surface area (Å²) in [5, 5.41) is -0.0459. The van der Waals surface area contributed by atoms with Crippen LogP contribution in [0.1, 0.15) is 33.3 Å². The zero-order valence-electron chi connectivity index (χ0n) is 15.3. The van der Waals surface area contributed by atoms with Gasteiger partial charge in [0.1, 0.15) is 6.61 Å². The molecule has 0 unspecified atom stereocenters. The van der Waals surface area contributed by atoms with Gasteiger partial charge in [0.15, 0.2) is 5.76 Å². The maximum absolute atomic E-state index is 12.3. The van der Waals surface area contributed by atoms with E-state index in [-0.39, 0.29) is 23.1 Å². The monoisotopic (exact) mass is 346 g/mol. The van der Waals surface area contributed by atoms with Crippen LogP contribution in [-0.4, -0.2) is 24.8 Å². The van der Waals surface area contributed by atoms with Crippen LogP contribution in [-0.2, 0) is 20.6 Å². The predicted octanol–water partition coefficient (Wildman–Crippen LogP) is 4.33. The molecule has 0 bridgehead atoms. The van der Waals surface area contributed by atoms with Crippen LogP contribution in [0, 0.1) is 0 Å². The van der Waals surface area contributed by atoms with Crippen molar-refractivity contribution >= 4 is 20.0 Å². The third-order valence-electron chi connectivity index (χ3n) is 4.17. The topological polar surface area (TPSA) is 71.9 Å². The van der Waals surface area contributed by atoms with E-state index in [1.807, 2.05) is 30.3 Å². The van der Waals surface area contributed by atoms with E-state index in [0.29, 0.717) is 0 Å². The molecule has 0 atom stereocenters. The lowest BCUT2D eigenvalue weighted by atomic mass is 10.2. The van der Waals surface area contributed by atoms with Crippen molar-refractivity contribution in [3.8, 4) is 0 Å². The summed E-state index contributed by atoms with van der Waals surface area (Å²) in [5.41, 5.74) is 9.92. The van der Waals surface area contributed by atoms with Crippen LogP contribution in [0.4, 0.5) is 0 Å². The normalized spacial score (nSPS) is 12.3. The van der Waals surface area contributed by atoms with E-state index in [2.05, 4.69) is 38.7 Å². The molecule has 0 heterocycles. The predicted molar refractivity (Wildman–Crippen MR) is 96.9 cm³/mol. The van der Waals surface area contributed by atoms with E-state index in [0.717, 1.165) is 5.56 Å². The van der Waals surface area contributed by atoms with Gasteiger partial charge in [-0.1, -0.05) is 51.1 Å². The molecule has 0 aliphatic heterocycles. The van der Waals surface area contributed by atoms with Gasteiger partial charge in [-0.05, 0) is 36.7 Å². The Hall–Kier alpha value is -2.17. The van der Waals surface area contributed by atoms with Gasteiger partial charge in [0.25, 0.3) is 8.32 Å². The fourth-order valence-electron chi connectivity index (χ4n) is 1.65. The van der Waals surface area contributed by atoms with Crippen molar-refractivity contribution in [2.24, 2.45) is 0 Å². The number of nitrogens with zero attached hydrogens (tertiary/aromatic N) is 2. The van der Waals surface area contributed by atoms with Crippen molar-refractivity contribution < 1.29 is 18.7 Å². The summed E-state index contributed by atoms with van der Waals surface area (Å²) in [4.78, 5) is 15.4. The largest absolute Gasteiger partial charge is 0.538 e. The summed E-state index contributed by atoms with van der Waals surface area (Å²) < 4.78 is 11.3. The fourth-order valence-corrected chi connectivity index (χ4v) is 2.72. The van der Waals surface area contributed by atoms with Gasteiger partial charge in [0.05, 0.1) is 0 Å². The van der Waals surface area contributed by atoms with Gasteiger partial charge in [-0.15, -0.1) is 0 Å². The summed E-state index contributed by atoms with van der Waals surface area (Å²) in [6.07, 6.45) is 1.62. The highest BCUT2D eigenvalue weighted by molar-refractivity contribution is 6.74. The quantitative estimate of drug-likeness (QED) is 0.192. The van der Waals surface area contributed by atoms with E-state index in [1.165, 1.54) is 0 Å². The maximum Gasteiger partial charge on any atom is 0.438 e. The number of allylic oxidation sites excluding steroid dienone is 1.